The van der Waals surface area contributed by atoms with E-state index >= 15 is 0 Å². The molecule has 0 unspecified atom stereocenters. The summed E-state index contributed by atoms with van der Waals surface area (Å²) in [5, 5.41) is 14.8. The molecule has 3 N–H and O–H groups in total. The van der Waals surface area contributed by atoms with Crippen molar-refractivity contribution >= 4 is 12.0 Å². The van der Waals surface area contributed by atoms with Crippen molar-refractivity contribution < 1.29 is 14.7 Å². The molecule has 1 aromatic heterocycles. The van der Waals surface area contributed by atoms with Crippen LogP contribution in [0.1, 0.15) is 37.1 Å². The normalized spacial score (nSPS) is 19.4. The molecule has 2 amide bonds. The van der Waals surface area contributed by atoms with Gasteiger partial charge in [0.15, 0.2) is 0 Å². The van der Waals surface area contributed by atoms with Crippen molar-refractivity contribution in [2.45, 2.75) is 51.2 Å². The average Bonchev–Trinajstić information content (AvgIpc) is 3.13. The number of hydrogen-bond donors (Lipinski definition) is 3. The molecule has 1 heterocycles. The first-order valence-corrected chi connectivity index (χ1v) is 9.43. The first-order chi connectivity index (χ1) is 13.1. The Labute approximate surface area is 158 Å². The number of imidazole rings is 1. The molecule has 1 aliphatic rings. The Morgan fingerprint density at radius 1 is 1.15 bits per heavy atom. The molecule has 1 aliphatic carbocycles. The van der Waals surface area contributed by atoms with E-state index < -0.39 is 5.97 Å². The molecule has 2 aromatic rings. The van der Waals surface area contributed by atoms with Crippen LogP contribution in [0.25, 0.3) is 0 Å². The second kappa shape index (κ2) is 9.21. The van der Waals surface area contributed by atoms with Gasteiger partial charge in [-0.05, 0) is 37.7 Å². The number of hydrogen-bond acceptors (Lipinski definition) is 3. The minimum Gasteiger partial charge on any atom is -0.481 e. The molecule has 0 spiro atoms. The number of benzene rings is 1. The van der Waals surface area contributed by atoms with Gasteiger partial charge < -0.3 is 20.3 Å². The van der Waals surface area contributed by atoms with E-state index in [2.05, 4.69) is 27.8 Å². The van der Waals surface area contributed by atoms with Crippen molar-refractivity contribution in [3.05, 3.63) is 54.1 Å². The molecule has 1 saturated carbocycles. The number of urea groups is 1. The SMILES string of the molecule is O=C(NCc1nccn1CCc1ccccc1)NC1CCC(C(=O)O)CC1. The lowest BCUT2D eigenvalue weighted by atomic mass is 9.86. The van der Waals surface area contributed by atoms with Gasteiger partial charge in [0.2, 0.25) is 0 Å². The molecule has 0 aliphatic heterocycles. The van der Waals surface area contributed by atoms with Crippen LogP contribution in [0.15, 0.2) is 42.7 Å². The predicted molar refractivity (Wildman–Crippen MR) is 101 cm³/mol. The number of amides is 2. The maximum Gasteiger partial charge on any atom is 0.315 e. The fourth-order valence-corrected chi connectivity index (χ4v) is 3.49. The lowest BCUT2D eigenvalue weighted by Crippen LogP contribution is -2.44. The molecule has 0 saturated heterocycles. The molecule has 0 radical (unpaired) electrons. The Morgan fingerprint density at radius 3 is 2.59 bits per heavy atom. The molecular weight excluding hydrogens is 344 g/mol. The monoisotopic (exact) mass is 370 g/mol. The van der Waals surface area contributed by atoms with Crippen LogP contribution < -0.4 is 10.6 Å². The van der Waals surface area contributed by atoms with E-state index in [1.807, 2.05) is 29.0 Å². The Bertz CT molecular complexity index is 752. The summed E-state index contributed by atoms with van der Waals surface area (Å²) < 4.78 is 2.05. The highest BCUT2D eigenvalue weighted by Crippen LogP contribution is 2.24. The number of carbonyl (C=O) groups is 2. The van der Waals surface area contributed by atoms with Crippen LogP contribution in [0.4, 0.5) is 4.79 Å². The van der Waals surface area contributed by atoms with Crippen LogP contribution in [-0.2, 0) is 24.3 Å². The zero-order valence-corrected chi connectivity index (χ0v) is 15.3. The fourth-order valence-electron chi connectivity index (χ4n) is 3.49. The van der Waals surface area contributed by atoms with E-state index in [1.54, 1.807) is 6.20 Å². The van der Waals surface area contributed by atoms with Gasteiger partial charge in [-0.2, -0.15) is 0 Å². The van der Waals surface area contributed by atoms with Gasteiger partial charge >= 0.3 is 12.0 Å². The van der Waals surface area contributed by atoms with E-state index in [1.165, 1.54) is 5.56 Å². The lowest BCUT2D eigenvalue weighted by Gasteiger charge is -2.26. The quantitative estimate of drug-likeness (QED) is 0.698. The Morgan fingerprint density at radius 2 is 1.89 bits per heavy atom. The second-order valence-electron chi connectivity index (χ2n) is 6.99. The number of nitrogens with one attached hydrogen (secondary N) is 2. The molecule has 0 atom stereocenters. The van der Waals surface area contributed by atoms with E-state index in [-0.39, 0.29) is 18.0 Å². The van der Waals surface area contributed by atoms with E-state index in [0.717, 1.165) is 18.8 Å². The summed E-state index contributed by atoms with van der Waals surface area (Å²) in [5.74, 6) is -0.195. The van der Waals surface area contributed by atoms with Crippen LogP contribution in [-0.4, -0.2) is 32.7 Å². The molecule has 7 heteroatoms. The molecule has 144 valence electrons. The Hall–Kier alpha value is -2.83. The van der Waals surface area contributed by atoms with E-state index in [9.17, 15) is 9.59 Å². The highest BCUT2D eigenvalue weighted by atomic mass is 16.4. The standard InChI is InChI=1S/C20H26N4O3/c25-19(26)16-6-8-17(9-7-16)23-20(27)22-14-18-21-11-13-24(18)12-10-15-4-2-1-3-5-15/h1-5,11,13,16-17H,6-10,12,14H2,(H,25,26)(H2,22,23,27). The topological polar surface area (TPSA) is 96.3 Å². The van der Waals surface area contributed by atoms with E-state index in [0.29, 0.717) is 32.2 Å². The summed E-state index contributed by atoms with van der Waals surface area (Å²) in [4.78, 5) is 27.5. The Kier molecular flexibility index (Phi) is 6.46. The number of aryl methyl sites for hydroxylation is 2. The third-order valence-corrected chi connectivity index (χ3v) is 5.10. The molecule has 27 heavy (non-hydrogen) atoms. The van der Waals surface area contributed by atoms with Gasteiger partial charge in [-0.25, -0.2) is 9.78 Å². The molecule has 0 bridgehead atoms. The lowest BCUT2D eigenvalue weighted by molar-refractivity contribution is -0.142. The summed E-state index contributed by atoms with van der Waals surface area (Å²) in [7, 11) is 0. The number of carbonyl (C=O) groups excluding carboxylic acids is 1. The van der Waals surface area contributed by atoms with Crippen molar-refractivity contribution in [3.8, 4) is 0 Å². The van der Waals surface area contributed by atoms with Gasteiger partial charge in [0.1, 0.15) is 5.82 Å². The van der Waals surface area contributed by atoms with Crippen LogP contribution >= 0.6 is 0 Å². The number of nitrogens with zero attached hydrogens (tertiary/aromatic N) is 2. The smallest absolute Gasteiger partial charge is 0.315 e. The summed E-state index contributed by atoms with van der Waals surface area (Å²) in [6.45, 7) is 1.17. The molecular formula is C20H26N4O3. The third kappa shape index (κ3) is 5.57. The van der Waals surface area contributed by atoms with Crippen LogP contribution in [0, 0.1) is 5.92 Å². The molecule has 7 nitrogen and oxygen atoms in total. The van der Waals surface area contributed by atoms with Gasteiger partial charge in [0, 0.05) is 25.0 Å². The molecule has 3 rings (SSSR count). The fraction of sp³-hybridized carbons (Fsp3) is 0.450. The number of carboxylic acids is 1. The van der Waals surface area contributed by atoms with Gasteiger partial charge in [0.05, 0.1) is 12.5 Å². The molecule has 1 fully saturated rings. The largest absolute Gasteiger partial charge is 0.481 e. The van der Waals surface area contributed by atoms with Crippen molar-refractivity contribution in [3.63, 3.8) is 0 Å². The zero-order chi connectivity index (χ0) is 19.1. The highest BCUT2D eigenvalue weighted by molar-refractivity contribution is 5.74. The average molecular weight is 370 g/mol. The first-order valence-electron chi connectivity index (χ1n) is 9.43. The van der Waals surface area contributed by atoms with Gasteiger partial charge in [-0.3, -0.25) is 4.79 Å². The van der Waals surface area contributed by atoms with Crippen LogP contribution in [0.5, 0.6) is 0 Å². The zero-order valence-electron chi connectivity index (χ0n) is 15.3. The summed E-state index contributed by atoms with van der Waals surface area (Å²) in [6.07, 6.45) is 7.21. The minimum atomic E-state index is -0.736. The minimum absolute atomic E-state index is 0.0402. The highest BCUT2D eigenvalue weighted by Gasteiger charge is 2.26. The predicted octanol–water partition coefficient (Wildman–Crippen LogP) is 2.57. The number of rotatable bonds is 7. The maximum atomic E-state index is 12.1. The van der Waals surface area contributed by atoms with Crippen LogP contribution in [0.3, 0.4) is 0 Å². The third-order valence-electron chi connectivity index (χ3n) is 5.10. The first kappa shape index (κ1) is 18.9. The number of aromatic nitrogens is 2. The number of aliphatic carboxylic acids is 1. The van der Waals surface area contributed by atoms with Crippen molar-refractivity contribution in [2.24, 2.45) is 5.92 Å². The molecule has 1 aromatic carbocycles. The summed E-state index contributed by atoms with van der Waals surface area (Å²) >= 11 is 0. The second-order valence-corrected chi connectivity index (χ2v) is 6.99. The summed E-state index contributed by atoms with van der Waals surface area (Å²) in [6, 6.07) is 10.1. The van der Waals surface area contributed by atoms with Crippen molar-refractivity contribution in [2.75, 3.05) is 0 Å². The summed E-state index contributed by atoms with van der Waals surface area (Å²) in [5.41, 5.74) is 1.26. The maximum absolute atomic E-state index is 12.1. The Balaban J connectivity index is 1.42. The van der Waals surface area contributed by atoms with Gasteiger partial charge in [-0.1, -0.05) is 30.3 Å². The van der Waals surface area contributed by atoms with Crippen molar-refractivity contribution in [1.82, 2.24) is 20.2 Å². The number of carboxylic acid groups (broad SMARTS) is 1. The van der Waals surface area contributed by atoms with E-state index in [4.69, 9.17) is 5.11 Å². The van der Waals surface area contributed by atoms with Gasteiger partial charge in [0.25, 0.3) is 0 Å². The van der Waals surface area contributed by atoms with Gasteiger partial charge in [-0.15, -0.1) is 0 Å². The van der Waals surface area contributed by atoms with Crippen molar-refractivity contribution in [1.29, 1.82) is 0 Å². The van der Waals surface area contributed by atoms with Crippen LogP contribution in [0.2, 0.25) is 0 Å².